The second-order valence-corrected chi connectivity index (χ2v) is 5.17. The summed E-state index contributed by atoms with van der Waals surface area (Å²) in [5.74, 6) is 0.819. The molecule has 2 fully saturated rings. The van der Waals surface area contributed by atoms with Crippen LogP contribution in [0.15, 0.2) is 16.7 Å². The SMILES string of the molecule is Cc1cc(C(=O)N2C3CCC2CC(O)C3)co1. The van der Waals surface area contributed by atoms with E-state index in [1.165, 1.54) is 6.26 Å². The van der Waals surface area contributed by atoms with E-state index < -0.39 is 0 Å². The number of rotatable bonds is 1. The monoisotopic (exact) mass is 235 g/mol. The third-order valence-electron chi connectivity index (χ3n) is 3.92. The van der Waals surface area contributed by atoms with Gasteiger partial charge in [0, 0.05) is 12.1 Å². The Labute approximate surface area is 100 Å². The first kappa shape index (κ1) is 10.8. The Morgan fingerprint density at radius 1 is 1.41 bits per heavy atom. The summed E-state index contributed by atoms with van der Waals surface area (Å²) in [6.45, 7) is 1.84. The first-order valence-electron chi connectivity index (χ1n) is 6.21. The quantitative estimate of drug-likeness (QED) is 0.806. The lowest BCUT2D eigenvalue weighted by atomic mass is 9.99. The van der Waals surface area contributed by atoms with Gasteiger partial charge in [0.05, 0.1) is 11.7 Å². The van der Waals surface area contributed by atoms with E-state index >= 15 is 0 Å². The van der Waals surface area contributed by atoms with Gasteiger partial charge >= 0.3 is 0 Å². The van der Waals surface area contributed by atoms with E-state index in [0.717, 1.165) is 31.4 Å². The van der Waals surface area contributed by atoms with Crippen LogP contribution in [0.2, 0.25) is 0 Å². The lowest BCUT2D eigenvalue weighted by Gasteiger charge is -2.36. The van der Waals surface area contributed by atoms with Crippen molar-refractivity contribution in [3.63, 3.8) is 0 Å². The van der Waals surface area contributed by atoms with Crippen molar-refractivity contribution >= 4 is 5.91 Å². The smallest absolute Gasteiger partial charge is 0.257 e. The summed E-state index contributed by atoms with van der Waals surface area (Å²) < 4.78 is 5.19. The summed E-state index contributed by atoms with van der Waals surface area (Å²) in [7, 11) is 0. The molecular weight excluding hydrogens is 218 g/mol. The summed E-state index contributed by atoms with van der Waals surface area (Å²) >= 11 is 0. The normalized spacial score (nSPS) is 31.9. The summed E-state index contributed by atoms with van der Waals surface area (Å²) in [6.07, 6.45) is 4.78. The molecule has 2 aliphatic heterocycles. The molecule has 2 saturated heterocycles. The Kier molecular flexibility index (Phi) is 2.47. The number of aliphatic hydroxyl groups is 1. The number of furan rings is 1. The van der Waals surface area contributed by atoms with Crippen molar-refractivity contribution in [3.05, 3.63) is 23.7 Å². The molecule has 4 heteroatoms. The maximum Gasteiger partial charge on any atom is 0.257 e. The highest BCUT2D eigenvalue weighted by Gasteiger charge is 2.43. The maximum atomic E-state index is 12.4. The van der Waals surface area contributed by atoms with Crippen LogP contribution in [0.5, 0.6) is 0 Å². The van der Waals surface area contributed by atoms with Crippen molar-refractivity contribution in [1.29, 1.82) is 0 Å². The van der Waals surface area contributed by atoms with E-state index in [2.05, 4.69) is 0 Å². The van der Waals surface area contributed by atoms with Gasteiger partial charge in [-0.15, -0.1) is 0 Å². The van der Waals surface area contributed by atoms with Gasteiger partial charge in [-0.3, -0.25) is 4.79 Å². The molecule has 0 aliphatic carbocycles. The first-order valence-corrected chi connectivity index (χ1v) is 6.21. The van der Waals surface area contributed by atoms with E-state index in [-0.39, 0.29) is 24.1 Å². The van der Waals surface area contributed by atoms with Crippen molar-refractivity contribution in [3.8, 4) is 0 Å². The highest BCUT2D eigenvalue weighted by molar-refractivity contribution is 5.94. The molecular formula is C13H17NO3. The van der Waals surface area contributed by atoms with Gasteiger partial charge in [-0.25, -0.2) is 0 Å². The molecule has 3 rings (SSSR count). The number of aryl methyl sites for hydroxylation is 1. The topological polar surface area (TPSA) is 53.7 Å². The number of carbonyl (C=O) groups excluding carboxylic acids is 1. The third kappa shape index (κ3) is 1.76. The van der Waals surface area contributed by atoms with Gasteiger partial charge in [-0.1, -0.05) is 0 Å². The third-order valence-corrected chi connectivity index (χ3v) is 3.92. The number of aliphatic hydroxyl groups excluding tert-OH is 1. The number of fused-ring (bicyclic) bond motifs is 2. The zero-order chi connectivity index (χ0) is 12.0. The van der Waals surface area contributed by atoms with Crippen LogP contribution in [0.1, 0.15) is 41.8 Å². The van der Waals surface area contributed by atoms with Gasteiger partial charge in [0.15, 0.2) is 0 Å². The Bertz CT molecular complexity index is 426. The van der Waals surface area contributed by atoms with E-state index in [4.69, 9.17) is 4.42 Å². The average molecular weight is 235 g/mol. The van der Waals surface area contributed by atoms with E-state index in [9.17, 15) is 9.90 Å². The maximum absolute atomic E-state index is 12.4. The van der Waals surface area contributed by atoms with Crippen LogP contribution in [-0.2, 0) is 0 Å². The van der Waals surface area contributed by atoms with Crippen molar-refractivity contribution in [1.82, 2.24) is 4.90 Å². The summed E-state index contributed by atoms with van der Waals surface area (Å²) in [6, 6.07) is 2.21. The second kappa shape index (κ2) is 3.88. The molecule has 1 N–H and O–H groups in total. The van der Waals surface area contributed by atoms with Crippen LogP contribution >= 0.6 is 0 Å². The fourth-order valence-electron chi connectivity index (χ4n) is 3.18. The van der Waals surface area contributed by atoms with Crippen molar-refractivity contribution < 1.29 is 14.3 Å². The molecule has 0 saturated carbocycles. The summed E-state index contributed by atoms with van der Waals surface area (Å²) in [4.78, 5) is 14.3. The highest BCUT2D eigenvalue weighted by atomic mass is 16.3. The molecule has 2 atom stereocenters. The van der Waals surface area contributed by atoms with Gasteiger partial charge in [0.25, 0.3) is 5.91 Å². The molecule has 92 valence electrons. The fraction of sp³-hybridized carbons (Fsp3) is 0.615. The molecule has 1 aromatic heterocycles. The number of piperidine rings is 1. The molecule has 1 amide bonds. The van der Waals surface area contributed by atoms with Gasteiger partial charge < -0.3 is 14.4 Å². The number of nitrogens with zero attached hydrogens (tertiary/aromatic N) is 1. The minimum Gasteiger partial charge on any atom is -0.469 e. The molecule has 2 aliphatic rings. The van der Waals surface area contributed by atoms with Gasteiger partial charge in [0.2, 0.25) is 0 Å². The number of amides is 1. The molecule has 4 nitrogen and oxygen atoms in total. The van der Waals surface area contributed by atoms with Gasteiger partial charge in [-0.05, 0) is 38.7 Å². The number of carbonyl (C=O) groups is 1. The number of hydrogen-bond donors (Lipinski definition) is 1. The van der Waals surface area contributed by atoms with Gasteiger partial charge in [-0.2, -0.15) is 0 Å². The molecule has 3 heterocycles. The van der Waals surface area contributed by atoms with E-state index in [1.807, 2.05) is 11.8 Å². The summed E-state index contributed by atoms with van der Waals surface area (Å²) in [5.41, 5.74) is 0.635. The lowest BCUT2D eigenvalue weighted by Crippen LogP contribution is -2.47. The Morgan fingerprint density at radius 3 is 2.59 bits per heavy atom. The first-order chi connectivity index (χ1) is 8.15. The Hall–Kier alpha value is -1.29. The van der Waals surface area contributed by atoms with Crippen molar-refractivity contribution in [2.45, 2.75) is 50.8 Å². The molecule has 0 radical (unpaired) electrons. The van der Waals surface area contributed by atoms with Crippen LogP contribution < -0.4 is 0 Å². The van der Waals surface area contributed by atoms with Crippen LogP contribution in [-0.4, -0.2) is 34.1 Å². The largest absolute Gasteiger partial charge is 0.469 e. The van der Waals surface area contributed by atoms with Crippen molar-refractivity contribution in [2.75, 3.05) is 0 Å². The second-order valence-electron chi connectivity index (χ2n) is 5.17. The molecule has 2 unspecified atom stereocenters. The predicted molar refractivity (Wildman–Crippen MR) is 61.7 cm³/mol. The molecule has 17 heavy (non-hydrogen) atoms. The van der Waals surface area contributed by atoms with E-state index in [0.29, 0.717) is 5.56 Å². The standard InChI is InChI=1S/C13H17NO3/c1-8-4-9(7-17-8)13(16)14-10-2-3-11(14)6-12(15)5-10/h4,7,10-12,15H,2-3,5-6H2,1H3. The molecule has 2 bridgehead atoms. The highest BCUT2D eigenvalue weighted by Crippen LogP contribution is 2.36. The fourth-order valence-corrected chi connectivity index (χ4v) is 3.18. The molecule has 1 aromatic rings. The van der Waals surface area contributed by atoms with Crippen molar-refractivity contribution in [2.24, 2.45) is 0 Å². The molecule has 0 spiro atoms. The van der Waals surface area contributed by atoms with Crippen LogP contribution in [0.4, 0.5) is 0 Å². The zero-order valence-corrected chi connectivity index (χ0v) is 9.93. The Balaban J connectivity index is 1.83. The number of hydrogen-bond acceptors (Lipinski definition) is 3. The lowest BCUT2D eigenvalue weighted by molar-refractivity contribution is 0.0286. The van der Waals surface area contributed by atoms with Crippen LogP contribution in [0, 0.1) is 6.92 Å². The predicted octanol–water partition coefficient (Wildman–Crippen LogP) is 1.72. The average Bonchev–Trinajstić information content (AvgIpc) is 2.81. The van der Waals surface area contributed by atoms with E-state index in [1.54, 1.807) is 6.07 Å². The van der Waals surface area contributed by atoms with Crippen LogP contribution in [0.25, 0.3) is 0 Å². The minimum atomic E-state index is -0.234. The van der Waals surface area contributed by atoms with Gasteiger partial charge in [0.1, 0.15) is 12.0 Å². The Morgan fingerprint density at radius 2 is 2.06 bits per heavy atom. The molecule has 0 aromatic carbocycles. The minimum absolute atomic E-state index is 0.0567. The zero-order valence-electron chi connectivity index (χ0n) is 9.93. The summed E-state index contributed by atoms with van der Waals surface area (Å²) in [5, 5.41) is 9.71. The van der Waals surface area contributed by atoms with Crippen LogP contribution in [0.3, 0.4) is 0 Å².